The Balaban J connectivity index is 1.87. The van der Waals surface area contributed by atoms with Gasteiger partial charge in [-0.05, 0) is 30.7 Å². The van der Waals surface area contributed by atoms with E-state index in [2.05, 4.69) is 15.1 Å². The Morgan fingerprint density at radius 3 is 2.65 bits per heavy atom. The van der Waals surface area contributed by atoms with Crippen LogP contribution >= 0.6 is 0 Å². The van der Waals surface area contributed by atoms with Crippen LogP contribution in [-0.4, -0.2) is 24.3 Å². The van der Waals surface area contributed by atoms with Crippen molar-refractivity contribution in [1.29, 1.82) is 0 Å². The van der Waals surface area contributed by atoms with Crippen LogP contribution in [0.5, 0.6) is 0 Å². The number of imidazole rings is 1. The molecule has 0 aliphatic rings. The lowest BCUT2D eigenvalue weighted by atomic mass is 10.1. The molecule has 0 aliphatic carbocycles. The SMILES string of the molecule is Cc1noc(Cn2c(=O)n(C)c3ncc(-c4ccc(F)c(F)c4)cc32)n1. The molecule has 0 bridgehead atoms. The number of hydrogen-bond donors (Lipinski definition) is 0. The highest BCUT2D eigenvalue weighted by Crippen LogP contribution is 2.24. The van der Waals surface area contributed by atoms with Gasteiger partial charge in [0.25, 0.3) is 0 Å². The average molecular weight is 357 g/mol. The van der Waals surface area contributed by atoms with Gasteiger partial charge in [0.15, 0.2) is 23.1 Å². The molecule has 0 amide bonds. The van der Waals surface area contributed by atoms with Crippen LogP contribution in [0.4, 0.5) is 8.78 Å². The Kier molecular flexibility index (Phi) is 3.64. The fourth-order valence-electron chi connectivity index (χ4n) is 2.80. The van der Waals surface area contributed by atoms with Gasteiger partial charge in [-0.2, -0.15) is 4.98 Å². The van der Waals surface area contributed by atoms with E-state index in [4.69, 9.17) is 4.52 Å². The topological polar surface area (TPSA) is 78.7 Å². The number of nitrogens with zero attached hydrogens (tertiary/aromatic N) is 5. The minimum atomic E-state index is -0.950. The summed E-state index contributed by atoms with van der Waals surface area (Å²) >= 11 is 0. The minimum absolute atomic E-state index is 0.0833. The fraction of sp³-hybridized carbons (Fsp3) is 0.176. The second kappa shape index (κ2) is 5.87. The predicted octanol–water partition coefficient (Wildman–Crippen LogP) is 2.42. The third kappa shape index (κ3) is 2.57. The standard InChI is InChI=1S/C17H13F2N5O2/c1-9-21-15(26-22-9)8-24-14-6-11(7-20-16(14)23(2)17(24)25)10-3-4-12(18)13(19)5-10/h3-7H,8H2,1-2H3. The van der Waals surface area contributed by atoms with Crippen molar-refractivity contribution in [3.05, 3.63) is 64.3 Å². The normalized spacial score (nSPS) is 11.4. The lowest BCUT2D eigenvalue weighted by molar-refractivity contribution is 0.367. The molecule has 0 fully saturated rings. The highest BCUT2D eigenvalue weighted by Gasteiger charge is 2.16. The van der Waals surface area contributed by atoms with E-state index < -0.39 is 11.6 Å². The van der Waals surface area contributed by atoms with Gasteiger partial charge in [-0.25, -0.2) is 18.6 Å². The van der Waals surface area contributed by atoms with Crippen molar-refractivity contribution in [3.8, 4) is 11.1 Å². The molecule has 0 unspecified atom stereocenters. The van der Waals surface area contributed by atoms with Crippen molar-refractivity contribution in [2.45, 2.75) is 13.5 Å². The Labute approximate surface area is 145 Å². The molecule has 0 N–H and O–H groups in total. The molecule has 0 saturated heterocycles. The van der Waals surface area contributed by atoms with E-state index in [0.29, 0.717) is 28.1 Å². The summed E-state index contributed by atoms with van der Waals surface area (Å²) in [6.45, 7) is 1.77. The van der Waals surface area contributed by atoms with Crippen LogP contribution in [0.1, 0.15) is 11.7 Å². The Bertz CT molecular complexity index is 1190. The predicted molar refractivity (Wildman–Crippen MR) is 88.5 cm³/mol. The Morgan fingerprint density at radius 1 is 1.15 bits per heavy atom. The van der Waals surface area contributed by atoms with Crippen LogP contribution in [0.25, 0.3) is 22.3 Å². The van der Waals surface area contributed by atoms with Crippen molar-refractivity contribution in [3.63, 3.8) is 0 Å². The molecule has 7 nitrogen and oxygen atoms in total. The lowest BCUT2D eigenvalue weighted by Crippen LogP contribution is -2.22. The largest absolute Gasteiger partial charge is 0.337 e. The van der Waals surface area contributed by atoms with Gasteiger partial charge in [0, 0.05) is 18.8 Å². The van der Waals surface area contributed by atoms with Crippen LogP contribution in [0, 0.1) is 18.6 Å². The second-order valence-electron chi connectivity index (χ2n) is 5.86. The third-order valence-corrected chi connectivity index (χ3v) is 4.09. The molecule has 3 heterocycles. The first-order valence-electron chi connectivity index (χ1n) is 7.74. The molecule has 26 heavy (non-hydrogen) atoms. The maximum atomic E-state index is 13.5. The summed E-state index contributed by atoms with van der Waals surface area (Å²) in [5.74, 6) is -1.12. The summed E-state index contributed by atoms with van der Waals surface area (Å²) < 4.78 is 34.6. The van der Waals surface area contributed by atoms with Crippen LogP contribution < -0.4 is 5.69 Å². The first kappa shape index (κ1) is 16.1. The van der Waals surface area contributed by atoms with Crippen molar-refractivity contribution in [2.75, 3.05) is 0 Å². The number of rotatable bonds is 3. The fourth-order valence-corrected chi connectivity index (χ4v) is 2.80. The summed E-state index contributed by atoms with van der Waals surface area (Å²) in [6.07, 6.45) is 1.51. The zero-order valence-electron chi connectivity index (χ0n) is 13.9. The molecule has 0 aliphatic heterocycles. The highest BCUT2D eigenvalue weighted by molar-refractivity contribution is 5.78. The zero-order chi connectivity index (χ0) is 18.4. The van der Waals surface area contributed by atoms with E-state index in [1.54, 1.807) is 20.0 Å². The lowest BCUT2D eigenvalue weighted by Gasteiger charge is -2.04. The van der Waals surface area contributed by atoms with Crippen molar-refractivity contribution >= 4 is 11.2 Å². The maximum Gasteiger partial charge on any atom is 0.330 e. The number of benzene rings is 1. The van der Waals surface area contributed by atoms with E-state index in [9.17, 15) is 13.6 Å². The van der Waals surface area contributed by atoms with E-state index in [1.807, 2.05) is 0 Å². The summed E-state index contributed by atoms with van der Waals surface area (Å²) in [4.78, 5) is 20.9. The molecule has 0 saturated carbocycles. The van der Waals surface area contributed by atoms with Gasteiger partial charge in [-0.15, -0.1) is 0 Å². The number of hydrogen-bond acceptors (Lipinski definition) is 5. The molecule has 3 aromatic heterocycles. The summed E-state index contributed by atoms with van der Waals surface area (Å²) in [6, 6.07) is 5.28. The van der Waals surface area contributed by atoms with Gasteiger partial charge in [-0.3, -0.25) is 9.13 Å². The molecule has 0 spiro atoms. The van der Waals surface area contributed by atoms with Gasteiger partial charge in [0.2, 0.25) is 5.89 Å². The quantitative estimate of drug-likeness (QED) is 0.563. The van der Waals surface area contributed by atoms with Gasteiger partial charge in [-0.1, -0.05) is 11.2 Å². The molecule has 4 aromatic rings. The second-order valence-corrected chi connectivity index (χ2v) is 5.86. The van der Waals surface area contributed by atoms with Gasteiger partial charge < -0.3 is 4.52 Å². The first-order valence-corrected chi connectivity index (χ1v) is 7.74. The van der Waals surface area contributed by atoms with Crippen LogP contribution in [0.2, 0.25) is 0 Å². The van der Waals surface area contributed by atoms with Crippen molar-refractivity contribution < 1.29 is 13.3 Å². The first-order chi connectivity index (χ1) is 12.4. The van der Waals surface area contributed by atoms with E-state index in [1.165, 1.54) is 21.4 Å². The van der Waals surface area contributed by atoms with E-state index in [0.717, 1.165) is 12.1 Å². The monoisotopic (exact) mass is 357 g/mol. The van der Waals surface area contributed by atoms with E-state index in [-0.39, 0.29) is 18.1 Å². The van der Waals surface area contributed by atoms with Crippen molar-refractivity contribution in [1.82, 2.24) is 24.3 Å². The number of aromatic nitrogens is 5. The summed E-state index contributed by atoms with van der Waals surface area (Å²) in [7, 11) is 1.60. The maximum absolute atomic E-state index is 13.5. The minimum Gasteiger partial charge on any atom is -0.337 e. The molecule has 9 heteroatoms. The van der Waals surface area contributed by atoms with Crippen LogP contribution in [-0.2, 0) is 13.6 Å². The van der Waals surface area contributed by atoms with Crippen LogP contribution in [0.3, 0.4) is 0 Å². The third-order valence-electron chi connectivity index (χ3n) is 4.09. The molecular formula is C17H13F2N5O2. The van der Waals surface area contributed by atoms with Gasteiger partial charge >= 0.3 is 5.69 Å². The number of pyridine rings is 1. The smallest absolute Gasteiger partial charge is 0.330 e. The van der Waals surface area contributed by atoms with Gasteiger partial charge in [0.05, 0.1) is 5.52 Å². The zero-order valence-corrected chi connectivity index (χ0v) is 13.9. The Morgan fingerprint density at radius 2 is 1.96 bits per heavy atom. The number of fused-ring (bicyclic) bond motifs is 1. The highest BCUT2D eigenvalue weighted by atomic mass is 19.2. The summed E-state index contributed by atoms with van der Waals surface area (Å²) in [5, 5.41) is 3.71. The number of halogens is 2. The average Bonchev–Trinajstić information content (AvgIpc) is 3.14. The molecular weight excluding hydrogens is 344 g/mol. The summed E-state index contributed by atoms with van der Waals surface area (Å²) in [5.41, 5.74) is 1.69. The van der Waals surface area contributed by atoms with Crippen LogP contribution in [0.15, 0.2) is 39.8 Å². The molecule has 0 atom stereocenters. The number of aryl methyl sites for hydroxylation is 2. The Hall–Kier alpha value is -3.36. The van der Waals surface area contributed by atoms with E-state index >= 15 is 0 Å². The molecule has 0 radical (unpaired) electrons. The van der Waals surface area contributed by atoms with Gasteiger partial charge in [0.1, 0.15) is 6.54 Å². The molecule has 132 valence electrons. The molecule has 4 rings (SSSR count). The van der Waals surface area contributed by atoms with Crippen molar-refractivity contribution in [2.24, 2.45) is 7.05 Å². The molecule has 1 aromatic carbocycles.